The number of likely N-dealkylation sites (N-methyl/N-ethyl adjacent to an activating group) is 1. The Morgan fingerprint density at radius 3 is 2.27 bits per heavy atom. The maximum absolute atomic E-state index is 14.6. The molecule has 0 spiro atoms. The van der Waals surface area contributed by atoms with Gasteiger partial charge in [-0.1, -0.05) is 60.1 Å². The molecule has 3 rings (SSSR count). The lowest BCUT2D eigenvalue weighted by molar-refractivity contribution is -0.139. The van der Waals surface area contributed by atoms with E-state index >= 15 is 0 Å². The molecular formula is C27H29ClFN3O4S. The molecule has 0 aromatic heterocycles. The number of carbonyl (C=O) groups excluding carboxylic acids is 2. The second-order valence-corrected chi connectivity index (χ2v) is 11.0. The Morgan fingerprint density at radius 1 is 1.03 bits per heavy atom. The molecule has 37 heavy (non-hydrogen) atoms. The number of rotatable bonds is 10. The third-order valence-electron chi connectivity index (χ3n) is 5.92. The number of aryl methyl sites for hydroxylation is 1. The van der Waals surface area contributed by atoms with Crippen molar-refractivity contribution < 1.29 is 22.4 Å². The summed E-state index contributed by atoms with van der Waals surface area (Å²) in [6, 6.07) is 18.7. The summed E-state index contributed by atoms with van der Waals surface area (Å²) in [6.45, 7) is 0.870. The molecule has 2 amide bonds. The minimum atomic E-state index is -3.91. The van der Waals surface area contributed by atoms with Gasteiger partial charge in [-0.2, -0.15) is 0 Å². The second-order valence-electron chi connectivity index (χ2n) is 8.63. The summed E-state index contributed by atoms with van der Waals surface area (Å²) in [4.78, 5) is 28.1. The van der Waals surface area contributed by atoms with Gasteiger partial charge in [-0.25, -0.2) is 12.8 Å². The number of hydrogen-bond acceptors (Lipinski definition) is 4. The third kappa shape index (κ3) is 7.30. The summed E-state index contributed by atoms with van der Waals surface area (Å²) >= 11 is 6.04. The Hall–Kier alpha value is -3.43. The van der Waals surface area contributed by atoms with Gasteiger partial charge in [-0.05, 0) is 42.3 Å². The van der Waals surface area contributed by atoms with Crippen LogP contribution in [-0.4, -0.2) is 51.0 Å². The van der Waals surface area contributed by atoms with Crippen LogP contribution >= 0.6 is 11.6 Å². The lowest BCUT2D eigenvalue weighted by atomic mass is 10.0. The molecule has 0 aliphatic rings. The zero-order valence-corrected chi connectivity index (χ0v) is 22.4. The van der Waals surface area contributed by atoms with Crippen LogP contribution in [0, 0.1) is 12.7 Å². The van der Waals surface area contributed by atoms with Gasteiger partial charge in [0.15, 0.2) is 0 Å². The van der Waals surface area contributed by atoms with E-state index in [0.29, 0.717) is 10.6 Å². The van der Waals surface area contributed by atoms with Crippen molar-refractivity contribution in [2.45, 2.75) is 25.9 Å². The van der Waals surface area contributed by atoms with Crippen molar-refractivity contribution >= 4 is 39.1 Å². The molecule has 0 bridgehead atoms. The molecular weight excluding hydrogens is 517 g/mol. The minimum Gasteiger partial charge on any atom is -0.357 e. The first-order valence-electron chi connectivity index (χ1n) is 11.5. The van der Waals surface area contributed by atoms with Crippen LogP contribution in [-0.2, 0) is 32.6 Å². The average Bonchev–Trinajstić information content (AvgIpc) is 2.85. The van der Waals surface area contributed by atoms with Crippen LogP contribution in [0.3, 0.4) is 0 Å². The van der Waals surface area contributed by atoms with Crippen LogP contribution in [0.25, 0.3) is 0 Å². The van der Waals surface area contributed by atoms with Crippen LogP contribution in [0.5, 0.6) is 0 Å². The summed E-state index contributed by atoms with van der Waals surface area (Å²) in [5.74, 6) is -1.65. The monoisotopic (exact) mass is 545 g/mol. The van der Waals surface area contributed by atoms with Crippen molar-refractivity contribution in [1.29, 1.82) is 0 Å². The van der Waals surface area contributed by atoms with E-state index in [1.807, 2.05) is 30.3 Å². The van der Waals surface area contributed by atoms with Crippen molar-refractivity contribution in [2.75, 3.05) is 24.2 Å². The molecule has 7 nitrogen and oxygen atoms in total. The zero-order valence-electron chi connectivity index (χ0n) is 20.8. The second kappa shape index (κ2) is 12.2. The van der Waals surface area contributed by atoms with E-state index in [1.165, 1.54) is 42.3 Å². The topological polar surface area (TPSA) is 86.8 Å². The maximum Gasteiger partial charge on any atom is 0.244 e. The lowest BCUT2D eigenvalue weighted by Gasteiger charge is -2.33. The summed E-state index contributed by atoms with van der Waals surface area (Å²) in [6.07, 6.45) is 1.15. The van der Waals surface area contributed by atoms with Gasteiger partial charge in [-0.3, -0.25) is 13.9 Å². The van der Waals surface area contributed by atoms with Gasteiger partial charge in [-0.15, -0.1) is 0 Å². The number of benzene rings is 3. The van der Waals surface area contributed by atoms with Gasteiger partial charge in [0.05, 0.1) is 11.9 Å². The summed E-state index contributed by atoms with van der Waals surface area (Å²) in [5.41, 5.74) is 1.83. The highest BCUT2D eigenvalue weighted by Gasteiger charge is 2.33. The maximum atomic E-state index is 14.6. The fraction of sp³-hybridized carbons (Fsp3) is 0.259. The highest BCUT2D eigenvalue weighted by atomic mass is 35.5. The van der Waals surface area contributed by atoms with Crippen LogP contribution in [0.4, 0.5) is 10.1 Å². The van der Waals surface area contributed by atoms with Crippen LogP contribution < -0.4 is 9.62 Å². The van der Waals surface area contributed by atoms with Gasteiger partial charge in [0.25, 0.3) is 0 Å². The highest BCUT2D eigenvalue weighted by Crippen LogP contribution is 2.26. The number of nitrogens with one attached hydrogen (secondary N) is 1. The van der Waals surface area contributed by atoms with Gasteiger partial charge >= 0.3 is 0 Å². The van der Waals surface area contributed by atoms with E-state index in [2.05, 4.69) is 5.32 Å². The van der Waals surface area contributed by atoms with Gasteiger partial charge in [0.2, 0.25) is 21.8 Å². The first-order chi connectivity index (χ1) is 17.5. The molecule has 1 atom stereocenters. The van der Waals surface area contributed by atoms with E-state index < -0.39 is 40.2 Å². The molecule has 0 aliphatic carbocycles. The summed E-state index contributed by atoms with van der Waals surface area (Å²) in [7, 11) is -2.45. The molecule has 0 radical (unpaired) electrons. The van der Waals surface area contributed by atoms with Gasteiger partial charge in [0.1, 0.15) is 18.4 Å². The number of amides is 2. The fourth-order valence-electron chi connectivity index (χ4n) is 4.02. The molecule has 0 aliphatic heterocycles. The van der Waals surface area contributed by atoms with E-state index in [9.17, 15) is 22.4 Å². The number of halogens is 2. The number of sulfonamides is 1. The molecule has 0 fully saturated rings. The van der Waals surface area contributed by atoms with E-state index in [1.54, 1.807) is 19.1 Å². The number of carbonyl (C=O) groups is 2. The Labute approximate surface area is 221 Å². The van der Waals surface area contributed by atoms with Crippen molar-refractivity contribution in [3.63, 3.8) is 0 Å². The number of hydrogen-bond donors (Lipinski definition) is 1. The Kier molecular flexibility index (Phi) is 9.29. The highest BCUT2D eigenvalue weighted by molar-refractivity contribution is 7.92. The zero-order chi connectivity index (χ0) is 27.2. The molecule has 0 saturated carbocycles. The van der Waals surface area contributed by atoms with Crippen LogP contribution in [0.2, 0.25) is 5.02 Å². The van der Waals surface area contributed by atoms with E-state index in [0.717, 1.165) is 16.1 Å². The Balaban J connectivity index is 2.06. The van der Waals surface area contributed by atoms with Crippen molar-refractivity contribution in [2.24, 2.45) is 0 Å². The SMILES string of the molecule is CNC(=O)C(Cc1ccccc1)N(Cc1ccccc1F)C(=O)CN(c1ccc(Cl)cc1C)S(C)(=O)=O. The van der Waals surface area contributed by atoms with Crippen molar-refractivity contribution in [1.82, 2.24) is 10.2 Å². The fourth-order valence-corrected chi connectivity index (χ4v) is 5.16. The summed E-state index contributed by atoms with van der Waals surface area (Å²) < 4.78 is 41.2. The molecule has 1 N–H and O–H groups in total. The first-order valence-corrected chi connectivity index (χ1v) is 13.8. The Morgan fingerprint density at radius 2 is 1.68 bits per heavy atom. The smallest absolute Gasteiger partial charge is 0.244 e. The minimum absolute atomic E-state index is 0.152. The quantitative estimate of drug-likeness (QED) is 0.418. The van der Waals surface area contributed by atoms with Gasteiger partial charge in [0, 0.05) is 30.6 Å². The van der Waals surface area contributed by atoms with E-state index in [4.69, 9.17) is 11.6 Å². The van der Waals surface area contributed by atoms with E-state index in [-0.39, 0.29) is 24.2 Å². The molecule has 196 valence electrons. The standard InChI is InChI=1S/C27H29ClFN3O4S/c1-19-15-22(28)13-14-24(19)32(37(3,35)36)18-26(33)31(17-21-11-7-8-12-23(21)29)25(27(34)30-2)16-20-9-5-4-6-10-20/h4-15,25H,16-18H2,1-3H3,(H,30,34). The largest absolute Gasteiger partial charge is 0.357 e. The molecule has 1 unspecified atom stereocenters. The summed E-state index contributed by atoms with van der Waals surface area (Å²) in [5, 5.41) is 3.00. The predicted molar refractivity (Wildman–Crippen MR) is 143 cm³/mol. The van der Waals surface area contributed by atoms with Crippen molar-refractivity contribution in [3.8, 4) is 0 Å². The molecule has 0 heterocycles. The molecule has 10 heteroatoms. The number of anilines is 1. The van der Waals surface area contributed by atoms with Crippen LogP contribution in [0.1, 0.15) is 16.7 Å². The van der Waals surface area contributed by atoms with Crippen molar-refractivity contribution in [3.05, 3.63) is 100 Å². The predicted octanol–water partition coefficient (Wildman–Crippen LogP) is 3.94. The van der Waals surface area contributed by atoms with Gasteiger partial charge < -0.3 is 10.2 Å². The Bertz CT molecular complexity index is 1370. The number of nitrogens with zero attached hydrogens (tertiary/aromatic N) is 2. The first kappa shape index (κ1) is 28.1. The normalized spacial score (nSPS) is 12.0. The van der Waals surface area contributed by atoms with Crippen LogP contribution in [0.15, 0.2) is 72.8 Å². The molecule has 0 saturated heterocycles. The average molecular weight is 546 g/mol. The molecule has 3 aromatic rings. The lowest BCUT2D eigenvalue weighted by Crippen LogP contribution is -2.53. The molecule has 3 aromatic carbocycles. The third-order valence-corrected chi connectivity index (χ3v) is 7.28.